The fraction of sp³-hybridized carbons (Fsp3) is 0.0952. The third kappa shape index (κ3) is 4.81. The Morgan fingerprint density at radius 3 is 2.32 bits per heavy atom. The first-order valence-corrected chi connectivity index (χ1v) is 8.85. The van der Waals surface area contributed by atoms with Crippen LogP contribution >= 0.6 is 23.8 Å². The number of thiocarbonyl (C=S) groups is 1. The minimum absolute atomic E-state index is 0.0275. The first-order valence-electron chi connectivity index (χ1n) is 8.06. The number of anilines is 1. The number of aryl methyl sites for hydroxylation is 1. The zero-order valence-electron chi connectivity index (χ0n) is 13.9. The molecule has 0 aliphatic carbocycles. The molecule has 25 heavy (non-hydrogen) atoms. The first-order chi connectivity index (χ1) is 12.1. The Hall–Kier alpha value is -2.36. The van der Waals surface area contributed by atoms with Gasteiger partial charge in [0.1, 0.15) is 0 Å². The second-order valence-electron chi connectivity index (χ2n) is 5.87. The van der Waals surface area contributed by atoms with E-state index in [4.69, 9.17) is 23.8 Å². The van der Waals surface area contributed by atoms with Crippen molar-refractivity contribution in [3.8, 4) is 0 Å². The first kappa shape index (κ1) is 17.5. The highest BCUT2D eigenvalue weighted by molar-refractivity contribution is 7.80. The summed E-state index contributed by atoms with van der Waals surface area (Å²) in [7, 11) is 0. The van der Waals surface area contributed by atoms with Gasteiger partial charge < -0.3 is 10.6 Å². The second kappa shape index (κ2) is 8.15. The molecule has 3 aromatic rings. The fourth-order valence-electron chi connectivity index (χ4n) is 2.72. The van der Waals surface area contributed by atoms with Crippen LogP contribution in [0.25, 0.3) is 0 Å². The molecule has 0 amide bonds. The van der Waals surface area contributed by atoms with Crippen molar-refractivity contribution in [1.29, 1.82) is 0 Å². The van der Waals surface area contributed by atoms with Crippen LogP contribution in [0.4, 0.5) is 5.69 Å². The summed E-state index contributed by atoms with van der Waals surface area (Å²) in [5.41, 5.74) is 4.40. The van der Waals surface area contributed by atoms with Crippen LogP contribution in [0.3, 0.4) is 0 Å². The number of nitrogens with one attached hydrogen (secondary N) is 2. The molecule has 0 aromatic heterocycles. The van der Waals surface area contributed by atoms with Gasteiger partial charge in [-0.1, -0.05) is 77.8 Å². The minimum atomic E-state index is -0.0275. The molecule has 0 bridgehead atoms. The van der Waals surface area contributed by atoms with Gasteiger partial charge in [-0.2, -0.15) is 0 Å². The average Bonchev–Trinajstić information content (AvgIpc) is 2.60. The summed E-state index contributed by atoms with van der Waals surface area (Å²) < 4.78 is 0. The lowest BCUT2D eigenvalue weighted by Gasteiger charge is -2.22. The van der Waals surface area contributed by atoms with Crippen molar-refractivity contribution in [2.24, 2.45) is 0 Å². The van der Waals surface area contributed by atoms with Gasteiger partial charge in [0.25, 0.3) is 0 Å². The van der Waals surface area contributed by atoms with Crippen LogP contribution in [0.5, 0.6) is 0 Å². The molecule has 0 radical (unpaired) electrons. The molecule has 0 spiro atoms. The average molecular weight is 367 g/mol. The normalized spacial score (nSPS) is 11.6. The van der Waals surface area contributed by atoms with Crippen LogP contribution in [0, 0.1) is 6.92 Å². The van der Waals surface area contributed by atoms with E-state index in [2.05, 4.69) is 54.0 Å². The molecule has 4 heteroatoms. The summed E-state index contributed by atoms with van der Waals surface area (Å²) in [5.74, 6) is 0. The molecule has 0 saturated carbocycles. The van der Waals surface area contributed by atoms with Gasteiger partial charge in [0.15, 0.2) is 5.11 Å². The van der Waals surface area contributed by atoms with Crippen molar-refractivity contribution >= 4 is 34.6 Å². The SMILES string of the molecule is Cc1cccc([C@@H](NC(=S)Nc2cccc(Cl)c2)c2ccccc2)c1. The summed E-state index contributed by atoms with van der Waals surface area (Å²) in [6.07, 6.45) is 0. The summed E-state index contributed by atoms with van der Waals surface area (Å²) in [5, 5.41) is 7.85. The van der Waals surface area contributed by atoms with E-state index in [0.717, 1.165) is 11.3 Å². The van der Waals surface area contributed by atoms with E-state index in [0.29, 0.717) is 10.1 Å². The van der Waals surface area contributed by atoms with Gasteiger partial charge in [-0.3, -0.25) is 0 Å². The summed E-state index contributed by atoms with van der Waals surface area (Å²) in [6.45, 7) is 2.09. The van der Waals surface area contributed by atoms with Gasteiger partial charge in [0, 0.05) is 10.7 Å². The molecular formula is C21H19ClN2S. The monoisotopic (exact) mass is 366 g/mol. The van der Waals surface area contributed by atoms with Crippen LogP contribution in [-0.4, -0.2) is 5.11 Å². The van der Waals surface area contributed by atoms with Gasteiger partial charge in [-0.25, -0.2) is 0 Å². The Kier molecular flexibility index (Phi) is 5.69. The predicted octanol–water partition coefficient (Wildman–Crippen LogP) is 5.72. The van der Waals surface area contributed by atoms with Crippen molar-refractivity contribution in [1.82, 2.24) is 5.32 Å². The van der Waals surface area contributed by atoms with Crippen molar-refractivity contribution in [2.75, 3.05) is 5.32 Å². The van der Waals surface area contributed by atoms with E-state index in [1.807, 2.05) is 42.5 Å². The van der Waals surface area contributed by atoms with Gasteiger partial charge in [-0.15, -0.1) is 0 Å². The molecule has 126 valence electrons. The molecule has 1 atom stereocenters. The van der Waals surface area contributed by atoms with Crippen LogP contribution in [0.15, 0.2) is 78.9 Å². The highest BCUT2D eigenvalue weighted by atomic mass is 35.5. The number of benzene rings is 3. The van der Waals surface area contributed by atoms with Crippen LogP contribution in [0.1, 0.15) is 22.7 Å². The molecule has 0 fully saturated rings. The van der Waals surface area contributed by atoms with Gasteiger partial charge in [-0.05, 0) is 48.5 Å². The molecule has 3 rings (SSSR count). The molecular weight excluding hydrogens is 348 g/mol. The third-order valence-electron chi connectivity index (χ3n) is 3.87. The standard InChI is InChI=1S/C21H19ClN2S/c1-15-7-5-10-17(13-15)20(16-8-3-2-4-9-16)24-21(25)23-19-12-6-11-18(22)14-19/h2-14,20H,1H3,(H2,23,24,25)/t20-/m0/s1. The number of hydrogen-bond donors (Lipinski definition) is 2. The fourth-order valence-corrected chi connectivity index (χ4v) is 3.14. The largest absolute Gasteiger partial charge is 0.352 e. The van der Waals surface area contributed by atoms with E-state index >= 15 is 0 Å². The highest BCUT2D eigenvalue weighted by Gasteiger charge is 2.15. The smallest absolute Gasteiger partial charge is 0.171 e. The highest BCUT2D eigenvalue weighted by Crippen LogP contribution is 2.23. The quantitative estimate of drug-likeness (QED) is 0.577. The third-order valence-corrected chi connectivity index (χ3v) is 4.32. The zero-order chi connectivity index (χ0) is 17.6. The topological polar surface area (TPSA) is 24.1 Å². The lowest BCUT2D eigenvalue weighted by atomic mass is 9.97. The molecule has 0 aliphatic heterocycles. The molecule has 0 heterocycles. The molecule has 0 aliphatic rings. The Morgan fingerprint density at radius 2 is 1.60 bits per heavy atom. The van der Waals surface area contributed by atoms with Crippen LogP contribution < -0.4 is 10.6 Å². The van der Waals surface area contributed by atoms with Crippen molar-refractivity contribution in [3.63, 3.8) is 0 Å². The van der Waals surface area contributed by atoms with Gasteiger partial charge in [0.2, 0.25) is 0 Å². The molecule has 0 saturated heterocycles. The Labute approximate surface area is 158 Å². The molecule has 2 N–H and O–H groups in total. The van der Waals surface area contributed by atoms with Crippen molar-refractivity contribution in [3.05, 3.63) is 101 Å². The number of hydrogen-bond acceptors (Lipinski definition) is 1. The summed E-state index contributed by atoms with van der Waals surface area (Å²) in [6, 6.07) is 26.2. The lowest BCUT2D eigenvalue weighted by Crippen LogP contribution is -2.33. The number of rotatable bonds is 4. The Morgan fingerprint density at radius 1 is 0.880 bits per heavy atom. The molecule has 3 aromatic carbocycles. The van der Waals surface area contributed by atoms with E-state index in [1.54, 1.807) is 0 Å². The van der Waals surface area contributed by atoms with Gasteiger partial charge >= 0.3 is 0 Å². The summed E-state index contributed by atoms with van der Waals surface area (Å²) in [4.78, 5) is 0. The maximum Gasteiger partial charge on any atom is 0.171 e. The maximum absolute atomic E-state index is 6.04. The van der Waals surface area contributed by atoms with Crippen LogP contribution in [-0.2, 0) is 0 Å². The van der Waals surface area contributed by atoms with E-state index in [-0.39, 0.29) is 6.04 Å². The summed E-state index contributed by atoms with van der Waals surface area (Å²) >= 11 is 11.6. The van der Waals surface area contributed by atoms with Crippen molar-refractivity contribution in [2.45, 2.75) is 13.0 Å². The van der Waals surface area contributed by atoms with E-state index in [1.165, 1.54) is 11.1 Å². The minimum Gasteiger partial charge on any atom is -0.352 e. The van der Waals surface area contributed by atoms with E-state index < -0.39 is 0 Å². The number of halogens is 1. The Balaban J connectivity index is 1.84. The predicted molar refractivity (Wildman–Crippen MR) is 110 cm³/mol. The van der Waals surface area contributed by atoms with Gasteiger partial charge in [0.05, 0.1) is 6.04 Å². The maximum atomic E-state index is 6.04. The van der Waals surface area contributed by atoms with Crippen LogP contribution in [0.2, 0.25) is 5.02 Å². The second-order valence-corrected chi connectivity index (χ2v) is 6.71. The Bertz CT molecular complexity index is 865. The molecule has 0 unspecified atom stereocenters. The van der Waals surface area contributed by atoms with Crippen molar-refractivity contribution < 1.29 is 0 Å². The molecule has 2 nitrogen and oxygen atoms in total. The lowest BCUT2D eigenvalue weighted by molar-refractivity contribution is 0.768. The van der Waals surface area contributed by atoms with E-state index in [9.17, 15) is 0 Å². The zero-order valence-corrected chi connectivity index (χ0v) is 15.4.